The molecule has 0 heterocycles. The molecular weight excluding hydrogens is 666 g/mol. The molecule has 0 spiro atoms. The van der Waals surface area contributed by atoms with E-state index in [-0.39, 0.29) is 42.7 Å². The lowest BCUT2D eigenvalue weighted by Gasteiger charge is -2.34. The monoisotopic (exact) mass is 746 g/mol. The van der Waals surface area contributed by atoms with E-state index in [1.165, 1.54) is 57.8 Å². The summed E-state index contributed by atoms with van der Waals surface area (Å²) >= 11 is 0. The highest BCUT2D eigenvalue weighted by molar-refractivity contribution is 5.70. The summed E-state index contributed by atoms with van der Waals surface area (Å²) in [6.07, 6.45) is 41.3. The third kappa shape index (κ3) is 34.8. The third-order valence-electron chi connectivity index (χ3n) is 9.23. The third-order valence-corrected chi connectivity index (χ3v) is 9.23. The number of allylic oxidation sites excluding steroid dienone is 8. The van der Waals surface area contributed by atoms with Crippen LogP contribution in [0.25, 0.3) is 0 Å². The molecular formula is C45H79NO7. The van der Waals surface area contributed by atoms with Crippen LogP contribution in [0, 0.1) is 0 Å². The molecule has 0 aromatic carbocycles. The van der Waals surface area contributed by atoms with Gasteiger partial charge in [-0.1, -0.05) is 133 Å². The number of ether oxygens (including phenoxy) is 3. The van der Waals surface area contributed by atoms with E-state index >= 15 is 0 Å². The van der Waals surface area contributed by atoms with Gasteiger partial charge in [0, 0.05) is 19.3 Å². The summed E-state index contributed by atoms with van der Waals surface area (Å²) in [7, 11) is 5.39. The number of likely N-dealkylation sites (N-methyl/N-ethyl adjacent to an activating group) is 1. The zero-order valence-corrected chi connectivity index (χ0v) is 34.7. The van der Waals surface area contributed by atoms with Gasteiger partial charge in [-0.05, 0) is 64.2 Å². The Bertz CT molecular complexity index is 1010. The first-order chi connectivity index (χ1) is 25.6. The van der Waals surface area contributed by atoms with Crippen LogP contribution in [0.4, 0.5) is 0 Å². The summed E-state index contributed by atoms with van der Waals surface area (Å²) in [4.78, 5) is 36.8. The van der Waals surface area contributed by atoms with Crippen molar-refractivity contribution >= 4 is 17.9 Å². The first-order valence-electron chi connectivity index (χ1n) is 21.2. The van der Waals surface area contributed by atoms with Crippen LogP contribution in [0.3, 0.4) is 0 Å². The van der Waals surface area contributed by atoms with Gasteiger partial charge in [0.1, 0.15) is 12.6 Å². The topological polar surface area (TPSA) is 102 Å². The van der Waals surface area contributed by atoms with Crippen LogP contribution in [0.5, 0.6) is 0 Å². The molecule has 0 saturated carbocycles. The summed E-state index contributed by atoms with van der Waals surface area (Å²) in [6, 6.07) is -0.729. The smallest absolute Gasteiger partial charge is 0.306 e. The standard InChI is InChI=1S/C45H79NO7/c1-6-8-10-12-14-16-18-20-22-24-26-28-30-32-34-36-44(48)53-41(39-51-38-37-42(45(49)50)46(3,4)5)40-52-43(47)35-33-31-29-27-25-23-21-19-17-15-13-11-9-7-2/h9,11,14-18,20,41-42H,6-8,10,12-13,19,21-40H2,1-5H3/b11-9+,16-14+,17-15+,20-18+. The van der Waals surface area contributed by atoms with Crippen LogP contribution < -0.4 is 5.11 Å². The number of hydrogen-bond donors (Lipinski definition) is 0. The van der Waals surface area contributed by atoms with Crippen molar-refractivity contribution in [3.8, 4) is 0 Å². The molecule has 2 unspecified atom stereocenters. The fourth-order valence-electron chi connectivity index (χ4n) is 5.92. The molecule has 8 heteroatoms. The fraction of sp³-hybridized carbons (Fsp3) is 0.756. The first-order valence-corrected chi connectivity index (χ1v) is 21.2. The Morgan fingerprint density at radius 2 is 1.11 bits per heavy atom. The molecule has 0 aliphatic carbocycles. The summed E-state index contributed by atoms with van der Waals surface area (Å²) in [5.41, 5.74) is 0. The lowest BCUT2D eigenvalue weighted by atomic mass is 10.1. The zero-order chi connectivity index (χ0) is 39.3. The van der Waals surface area contributed by atoms with Crippen molar-refractivity contribution in [1.82, 2.24) is 0 Å². The maximum atomic E-state index is 12.7. The first kappa shape index (κ1) is 50.3. The number of quaternary nitrogens is 1. The van der Waals surface area contributed by atoms with Crippen molar-refractivity contribution in [2.45, 2.75) is 180 Å². The molecule has 0 aromatic heterocycles. The van der Waals surface area contributed by atoms with E-state index in [4.69, 9.17) is 14.2 Å². The van der Waals surface area contributed by atoms with Crippen molar-refractivity contribution in [3.63, 3.8) is 0 Å². The van der Waals surface area contributed by atoms with E-state index in [1.807, 2.05) is 0 Å². The number of aliphatic carboxylic acids is 1. The van der Waals surface area contributed by atoms with Gasteiger partial charge in [-0.2, -0.15) is 0 Å². The van der Waals surface area contributed by atoms with E-state index in [9.17, 15) is 19.5 Å². The number of carbonyl (C=O) groups is 3. The van der Waals surface area contributed by atoms with E-state index in [0.29, 0.717) is 12.8 Å². The van der Waals surface area contributed by atoms with Crippen molar-refractivity contribution in [3.05, 3.63) is 48.6 Å². The number of unbranched alkanes of at least 4 members (excludes halogenated alkanes) is 16. The van der Waals surface area contributed by atoms with E-state index in [2.05, 4.69) is 62.5 Å². The number of nitrogens with zero attached hydrogens (tertiary/aromatic N) is 1. The number of carboxylic acid groups (broad SMARTS) is 1. The lowest BCUT2D eigenvalue weighted by Crippen LogP contribution is -2.55. The molecule has 2 atom stereocenters. The van der Waals surface area contributed by atoms with Crippen LogP contribution in [0.2, 0.25) is 0 Å². The van der Waals surface area contributed by atoms with Gasteiger partial charge in [-0.15, -0.1) is 0 Å². The molecule has 0 aliphatic heterocycles. The minimum absolute atomic E-state index is 0.0325. The van der Waals surface area contributed by atoms with Crippen LogP contribution >= 0.6 is 0 Å². The van der Waals surface area contributed by atoms with Crippen molar-refractivity contribution < 1.29 is 38.2 Å². The van der Waals surface area contributed by atoms with Crippen LogP contribution in [0.1, 0.15) is 168 Å². The Kier molecular flexibility index (Phi) is 34.4. The maximum Gasteiger partial charge on any atom is 0.306 e. The highest BCUT2D eigenvalue weighted by Gasteiger charge is 2.25. The Hall–Kier alpha value is -2.71. The van der Waals surface area contributed by atoms with E-state index < -0.39 is 18.1 Å². The predicted octanol–water partition coefficient (Wildman–Crippen LogP) is 9.91. The molecule has 0 bridgehead atoms. The summed E-state index contributed by atoms with van der Waals surface area (Å²) in [6.45, 7) is 4.50. The van der Waals surface area contributed by atoms with Gasteiger partial charge in [0.15, 0.2) is 6.10 Å². The van der Waals surface area contributed by atoms with Crippen molar-refractivity contribution in [2.24, 2.45) is 0 Å². The molecule has 0 saturated heterocycles. The van der Waals surface area contributed by atoms with Gasteiger partial charge in [-0.25, -0.2) is 0 Å². The van der Waals surface area contributed by atoms with Gasteiger partial charge in [0.05, 0.1) is 40.3 Å². The van der Waals surface area contributed by atoms with Gasteiger partial charge in [-0.3, -0.25) is 9.59 Å². The lowest BCUT2D eigenvalue weighted by molar-refractivity contribution is -0.889. The van der Waals surface area contributed by atoms with Gasteiger partial charge in [0.2, 0.25) is 0 Å². The normalized spacial score (nSPS) is 13.5. The SMILES string of the molecule is CC/C=C/C/C=C/CCCCCCCCCC(=O)OCC(COCCC(C(=O)[O-])[N+](C)(C)C)OC(=O)CCCCCCCC/C=C/C=C/CCCCC. The number of hydrogen-bond acceptors (Lipinski definition) is 7. The maximum absolute atomic E-state index is 12.7. The molecule has 8 nitrogen and oxygen atoms in total. The minimum Gasteiger partial charge on any atom is -0.544 e. The molecule has 0 amide bonds. The molecule has 0 N–H and O–H groups in total. The second kappa shape index (κ2) is 36.3. The van der Waals surface area contributed by atoms with E-state index in [0.717, 1.165) is 77.0 Å². The van der Waals surface area contributed by atoms with Crippen molar-refractivity contribution in [2.75, 3.05) is 41.0 Å². The molecule has 0 radical (unpaired) electrons. The van der Waals surface area contributed by atoms with Crippen LogP contribution in [0.15, 0.2) is 48.6 Å². The Morgan fingerprint density at radius 1 is 0.604 bits per heavy atom. The fourth-order valence-corrected chi connectivity index (χ4v) is 5.92. The van der Waals surface area contributed by atoms with Gasteiger partial charge < -0.3 is 28.6 Å². The average molecular weight is 746 g/mol. The highest BCUT2D eigenvalue weighted by Crippen LogP contribution is 2.13. The molecule has 0 rings (SSSR count). The predicted molar refractivity (Wildman–Crippen MR) is 217 cm³/mol. The second-order valence-electron chi connectivity index (χ2n) is 15.2. The second-order valence-corrected chi connectivity index (χ2v) is 15.2. The molecule has 0 aromatic rings. The number of carboxylic acids is 1. The molecule has 0 fully saturated rings. The Labute approximate surface area is 325 Å². The summed E-state index contributed by atoms with van der Waals surface area (Å²) in [5, 5.41) is 11.6. The minimum atomic E-state index is -1.13. The quantitative estimate of drug-likeness (QED) is 0.0205. The highest BCUT2D eigenvalue weighted by atomic mass is 16.6. The Morgan fingerprint density at radius 3 is 1.66 bits per heavy atom. The molecule has 0 aliphatic rings. The zero-order valence-electron chi connectivity index (χ0n) is 34.7. The van der Waals surface area contributed by atoms with Gasteiger partial charge >= 0.3 is 11.9 Å². The summed E-state index contributed by atoms with van der Waals surface area (Å²) < 4.78 is 17.1. The Balaban J connectivity index is 4.40. The molecule has 306 valence electrons. The van der Waals surface area contributed by atoms with Crippen LogP contribution in [-0.4, -0.2) is 75.5 Å². The number of carbonyl (C=O) groups excluding carboxylic acids is 3. The average Bonchev–Trinajstić information content (AvgIpc) is 3.11. The summed E-state index contributed by atoms with van der Waals surface area (Å²) in [5.74, 6) is -1.76. The van der Waals surface area contributed by atoms with Gasteiger partial charge in [0.25, 0.3) is 0 Å². The van der Waals surface area contributed by atoms with E-state index in [1.54, 1.807) is 21.1 Å². The number of rotatable bonds is 37. The molecule has 53 heavy (non-hydrogen) atoms. The largest absolute Gasteiger partial charge is 0.544 e. The number of esters is 2. The van der Waals surface area contributed by atoms with Crippen LogP contribution in [-0.2, 0) is 28.6 Å². The van der Waals surface area contributed by atoms with Crippen molar-refractivity contribution in [1.29, 1.82) is 0 Å².